The number of alkyl halides is 3. The van der Waals surface area contributed by atoms with Crippen LogP contribution in [0.4, 0.5) is 13.2 Å². The molecule has 9 heteroatoms. The zero-order chi connectivity index (χ0) is 19.2. The highest BCUT2D eigenvalue weighted by Gasteiger charge is 2.40. The van der Waals surface area contributed by atoms with Crippen LogP contribution in [0, 0.1) is 5.41 Å². The first kappa shape index (κ1) is 20.0. The highest BCUT2D eigenvalue weighted by molar-refractivity contribution is 5.80. The van der Waals surface area contributed by atoms with E-state index in [0.717, 1.165) is 0 Å². The summed E-state index contributed by atoms with van der Waals surface area (Å²) in [5.41, 5.74) is -0.579. The Morgan fingerprint density at radius 3 is 2.58 bits per heavy atom. The molecule has 1 amide bonds. The van der Waals surface area contributed by atoms with Crippen LogP contribution in [0.3, 0.4) is 0 Å². The van der Waals surface area contributed by atoms with Crippen molar-refractivity contribution >= 4 is 11.9 Å². The van der Waals surface area contributed by atoms with E-state index >= 15 is 0 Å². The van der Waals surface area contributed by atoms with E-state index in [9.17, 15) is 27.9 Å². The Hall–Kier alpha value is -2.29. The second kappa shape index (κ2) is 8.39. The van der Waals surface area contributed by atoms with Gasteiger partial charge >= 0.3 is 12.1 Å². The fourth-order valence-corrected chi connectivity index (χ4v) is 2.65. The zero-order valence-corrected chi connectivity index (χ0v) is 14.0. The van der Waals surface area contributed by atoms with E-state index in [-0.39, 0.29) is 18.7 Å². The van der Waals surface area contributed by atoms with Crippen molar-refractivity contribution in [2.45, 2.75) is 25.4 Å². The molecule has 1 aromatic rings. The maximum atomic E-state index is 12.2. The number of amides is 1. The summed E-state index contributed by atoms with van der Waals surface area (Å²) in [4.78, 5) is 23.6. The Labute approximate surface area is 148 Å². The number of rotatable bonds is 7. The van der Waals surface area contributed by atoms with Gasteiger partial charge in [0.25, 0.3) is 0 Å². The molecule has 1 fully saturated rings. The first-order valence-corrected chi connectivity index (χ1v) is 8.07. The third kappa shape index (κ3) is 5.91. The molecule has 144 valence electrons. The van der Waals surface area contributed by atoms with E-state index in [4.69, 9.17) is 4.74 Å². The Morgan fingerprint density at radius 2 is 1.96 bits per heavy atom. The van der Waals surface area contributed by atoms with E-state index in [1.165, 1.54) is 18.2 Å². The first-order chi connectivity index (χ1) is 12.2. The number of hydrogen-bond acceptors (Lipinski definition) is 4. The van der Waals surface area contributed by atoms with Crippen molar-refractivity contribution in [3.05, 3.63) is 29.8 Å². The fourth-order valence-electron chi connectivity index (χ4n) is 2.65. The number of carboxylic acids is 1. The van der Waals surface area contributed by atoms with Gasteiger partial charge in [0.1, 0.15) is 5.75 Å². The molecular weight excluding hydrogens is 355 g/mol. The third-order valence-corrected chi connectivity index (χ3v) is 4.19. The molecule has 2 rings (SSSR count). The molecule has 0 saturated carbocycles. The average molecular weight is 375 g/mol. The normalized spacial score (nSPS) is 16.7. The van der Waals surface area contributed by atoms with Gasteiger partial charge in [0.05, 0.1) is 11.8 Å². The van der Waals surface area contributed by atoms with Crippen LogP contribution in [0.1, 0.15) is 18.4 Å². The fraction of sp³-hybridized carbons (Fsp3) is 0.529. The smallest absolute Gasteiger partial charge is 0.422 e. The topological polar surface area (TPSA) is 84.9 Å². The van der Waals surface area contributed by atoms with Crippen LogP contribution in [0.5, 0.6) is 5.75 Å². The van der Waals surface area contributed by atoms with Crippen LogP contribution in [-0.2, 0) is 20.7 Å². The van der Waals surface area contributed by atoms with Crippen molar-refractivity contribution in [3.8, 4) is 5.75 Å². The number of aliphatic carboxylic acids is 1. The summed E-state index contributed by atoms with van der Waals surface area (Å²) >= 11 is 0. The predicted molar refractivity (Wildman–Crippen MR) is 84.8 cm³/mol. The Morgan fingerprint density at radius 1 is 1.27 bits per heavy atom. The minimum Gasteiger partial charge on any atom is -0.484 e. The van der Waals surface area contributed by atoms with Gasteiger partial charge in [-0.2, -0.15) is 13.2 Å². The van der Waals surface area contributed by atoms with Gasteiger partial charge in [0.2, 0.25) is 5.91 Å². The number of hydrogen-bond donors (Lipinski definition) is 2. The molecule has 0 bridgehead atoms. The second-order valence-electron chi connectivity index (χ2n) is 6.20. The molecule has 0 aliphatic carbocycles. The van der Waals surface area contributed by atoms with Crippen LogP contribution in [0.2, 0.25) is 0 Å². The molecule has 0 atom stereocenters. The van der Waals surface area contributed by atoms with E-state index in [0.29, 0.717) is 31.6 Å². The third-order valence-electron chi connectivity index (χ3n) is 4.19. The summed E-state index contributed by atoms with van der Waals surface area (Å²) < 4.78 is 46.4. The van der Waals surface area contributed by atoms with Gasteiger partial charge in [-0.15, -0.1) is 0 Å². The summed E-state index contributed by atoms with van der Waals surface area (Å²) in [5, 5.41) is 12.0. The van der Waals surface area contributed by atoms with E-state index in [1.807, 2.05) is 0 Å². The van der Waals surface area contributed by atoms with E-state index < -0.39 is 30.1 Å². The lowest BCUT2D eigenvalue weighted by Gasteiger charge is -2.33. The molecule has 1 aliphatic heterocycles. The minimum absolute atomic E-state index is 0.0130. The largest absolute Gasteiger partial charge is 0.484 e. The molecule has 1 aliphatic rings. The number of nitrogens with one attached hydrogen (secondary N) is 1. The molecule has 1 saturated heterocycles. The predicted octanol–water partition coefficient (Wildman–Crippen LogP) is 2.17. The van der Waals surface area contributed by atoms with Gasteiger partial charge in [0, 0.05) is 19.8 Å². The van der Waals surface area contributed by atoms with Gasteiger partial charge in [0.15, 0.2) is 6.61 Å². The summed E-state index contributed by atoms with van der Waals surface area (Å²) in [5.74, 6) is -1.38. The van der Waals surface area contributed by atoms with Gasteiger partial charge in [-0.05, 0) is 30.5 Å². The number of ether oxygens (including phenoxy) is 2. The number of carbonyl (C=O) groups is 2. The Balaban J connectivity index is 1.90. The van der Waals surface area contributed by atoms with Crippen LogP contribution in [0.15, 0.2) is 24.3 Å². The van der Waals surface area contributed by atoms with Crippen LogP contribution in [-0.4, -0.2) is 49.5 Å². The molecule has 26 heavy (non-hydrogen) atoms. The quantitative estimate of drug-likeness (QED) is 0.763. The van der Waals surface area contributed by atoms with Crippen molar-refractivity contribution < 1.29 is 37.3 Å². The minimum atomic E-state index is -4.44. The molecule has 0 spiro atoms. The molecule has 6 nitrogen and oxygen atoms in total. The highest BCUT2D eigenvalue weighted by Crippen LogP contribution is 2.30. The van der Waals surface area contributed by atoms with Crippen LogP contribution < -0.4 is 10.1 Å². The standard InChI is InChI=1S/C17H20F3NO5/c18-17(19,20)11-26-13-3-1-2-12(8-13)9-14(22)21-10-16(15(23)24)4-6-25-7-5-16/h1-3,8H,4-7,9-11H2,(H,21,22)(H,23,24). The SMILES string of the molecule is O=C(Cc1cccc(OCC(F)(F)F)c1)NCC1(C(=O)O)CCOCC1. The van der Waals surface area contributed by atoms with Crippen LogP contribution in [0.25, 0.3) is 0 Å². The van der Waals surface area contributed by atoms with E-state index in [1.54, 1.807) is 6.07 Å². The maximum absolute atomic E-state index is 12.2. The van der Waals surface area contributed by atoms with Gasteiger partial charge in [-0.1, -0.05) is 12.1 Å². The van der Waals surface area contributed by atoms with Crippen LogP contribution >= 0.6 is 0 Å². The average Bonchev–Trinajstić information content (AvgIpc) is 2.59. The zero-order valence-electron chi connectivity index (χ0n) is 14.0. The number of carboxylic acid groups (broad SMARTS) is 1. The Kier molecular flexibility index (Phi) is 6.47. The maximum Gasteiger partial charge on any atom is 0.422 e. The molecule has 1 aromatic carbocycles. The summed E-state index contributed by atoms with van der Waals surface area (Å²) in [6.07, 6.45) is -3.91. The first-order valence-electron chi connectivity index (χ1n) is 8.07. The highest BCUT2D eigenvalue weighted by atomic mass is 19.4. The molecule has 2 N–H and O–H groups in total. The number of halogens is 3. The molecule has 1 heterocycles. The number of carbonyl (C=O) groups excluding carboxylic acids is 1. The van der Waals surface area contributed by atoms with Crippen molar-refractivity contribution in [1.29, 1.82) is 0 Å². The summed E-state index contributed by atoms with van der Waals surface area (Å²) in [6.45, 7) is -0.790. The van der Waals surface area contributed by atoms with Crippen molar-refractivity contribution in [1.82, 2.24) is 5.32 Å². The van der Waals surface area contributed by atoms with Crippen molar-refractivity contribution in [2.75, 3.05) is 26.4 Å². The molecular formula is C17H20F3NO5. The number of benzene rings is 1. The van der Waals surface area contributed by atoms with Crippen molar-refractivity contribution in [3.63, 3.8) is 0 Å². The lowest BCUT2D eigenvalue weighted by molar-refractivity contribution is -0.155. The second-order valence-corrected chi connectivity index (χ2v) is 6.20. The lowest BCUT2D eigenvalue weighted by Crippen LogP contribution is -2.46. The molecule has 0 unspecified atom stereocenters. The lowest BCUT2D eigenvalue weighted by atomic mass is 9.80. The molecule has 0 aromatic heterocycles. The van der Waals surface area contributed by atoms with Gasteiger partial charge in [-0.3, -0.25) is 9.59 Å². The molecule has 0 radical (unpaired) electrons. The Bertz CT molecular complexity index is 642. The van der Waals surface area contributed by atoms with E-state index in [2.05, 4.69) is 10.1 Å². The van der Waals surface area contributed by atoms with Gasteiger partial charge < -0.3 is 19.9 Å². The summed E-state index contributed by atoms with van der Waals surface area (Å²) in [6, 6.07) is 5.80. The van der Waals surface area contributed by atoms with Gasteiger partial charge in [-0.25, -0.2) is 0 Å². The summed E-state index contributed by atoms with van der Waals surface area (Å²) in [7, 11) is 0. The monoisotopic (exact) mass is 375 g/mol. The van der Waals surface area contributed by atoms with Crippen molar-refractivity contribution in [2.24, 2.45) is 5.41 Å².